The maximum Gasteiger partial charge on any atom is 0.109 e. The molecule has 0 radical (unpaired) electrons. The molecule has 1 fully saturated rings. The molecule has 1 saturated carbocycles. The molecule has 20 heavy (non-hydrogen) atoms. The minimum absolute atomic E-state index is 0.449. The lowest BCUT2D eigenvalue weighted by Crippen LogP contribution is -2.33. The van der Waals surface area contributed by atoms with E-state index < -0.39 is 0 Å². The molecule has 104 valence electrons. The summed E-state index contributed by atoms with van der Waals surface area (Å²) >= 11 is 0. The van der Waals surface area contributed by atoms with E-state index in [9.17, 15) is 0 Å². The van der Waals surface area contributed by atoms with E-state index in [0.717, 1.165) is 42.7 Å². The zero-order chi connectivity index (χ0) is 14.1. The summed E-state index contributed by atoms with van der Waals surface area (Å²) in [6.07, 6.45) is 3.72. The van der Waals surface area contributed by atoms with Crippen LogP contribution in [-0.4, -0.2) is 22.3 Å². The highest BCUT2D eigenvalue weighted by Crippen LogP contribution is 2.33. The number of aryl methyl sites for hydroxylation is 1. The summed E-state index contributed by atoms with van der Waals surface area (Å²) in [5.74, 6) is 1.78. The van der Waals surface area contributed by atoms with Crippen LogP contribution < -0.4 is 0 Å². The van der Waals surface area contributed by atoms with Crippen LogP contribution in [0.1, 0.15) is 31.2 Å². The summed E-state index contributed by atoms with van der Waals surface area (Å²) in [6.45, 7) is 2.85. The van der Waals surface area contributed by atoms with E-state index in [2.05, 4.69) is 22.7 Å². The topological polar surface area (TPSA) is 50.8 Å². The molecule has 0 N–H and O–H groups in total. The Morgan fingerprint density at radius 1 is 1.45 bits per heavy atom. The molecule has 1 aliphatic carbocycles. The monoisotopic (exact) mass is 269 g/mol. The number of nitriles is 1. The number of nitrogens with zero attached hydrogens (tertiary/aromatic N) is 3. The first-order valence-corrected chi connectivity index (χ1v) is 7.18. The molecule has 1 heterocycles. The van der Waals surface area contributed by atoms with Crippen molar-refractivity contribution < 1.29 is 4.74 Å². The summed E-state index contributed by atoms with van der Waals surface area (Å²) in [5.41, 5.74) is 2.68. The molecule has 1 aromatic carbocycles. The lowest BCUT2D eigenvalue weighted by molar-refractivity contribution is -0.0246. The van der Waals surface area contributed by atoms with Crippen molar-refractivity contribution in [3.8, 4) is 6.07 Å². The Hall–Kier alpha value is -1.86. The molecule has 1 aliphatic rings. The zero-order valence-corrected chi connectivity index (χ0v) is 12.0. The Labute approximate surface area is 119 Å². The number of ether oxygens (including phenoxy) is 1. The van der Waals surface area contributed by atoms with Crippen LogP contribution in [0.3, 0.4) is 0 Å². The van der Waals surface area contributed by atoms with Crippen LogP contribution in [-0.2, 0) is 18.2 Å². The Morgan fingerprint density at radius 3 is 2.95 bits per heavy atom. The van der Waals surface area contributed by atoms with Crippen molar-refractivity contribution in [2.24, 2.45) is 13.0 Å². The molecule has 0 unspecified atom stereocenters. The lowest BCUT2D eigenvalue weighted by Gasteiger charge is -2.34. The smallest absolute Gasteiger partial charge is 0.109 e. The molecule has 4 heteroatoms. The van der Waals surface area contributed by atoms with Gasteiger partial charge in [0.25, 0.3) is 0 Å². The van der Waals surface area contributed by atoms with Gasteiger partial charge in [-0.2, -0.15) is 5.26 Å². The highest BCUT2D eigenvalue weighted by Gasteiger charge is 2.30. The SMILES string of the molecule is CCOC1CC(Cc2nc3cc(C#N)ccc3n2C)C1. The van der Waals surface area contributed by atoms with E-state index in [1.54, 1.807) is 0 Å². The summed E-state index contributed by atoms with van der Waals surface area (Å²) in [7, 11) is 2.05. The number of aromatic nitrogens is 2. The van der Waals surface area contributed by atoms with Crippen LogP contribution in [0.4, 0.5) is 0 Å². The van der Waals surface area contributed by atoms with Gasteiger partial charge in [0.1, 0.15) is 5.82 Å². The van der Waals surface area contributed by atoms with Gasteiger partial charge in [-0.1, -0.05) is 0 Å². The average Bonchev–Trinajstić information content (AvgIpc) is 2.72. The van der Waals surface area contributed by atoms with Gasteiger partial charge in [-0.05, 0) is 43.9 Å². The molecule has 0 saturated heterocycles. The quantitative estimate of drug-likeness (QED) is 0.857. The van der Waals surface area contributed by atoms with Gasteiger partial charge < -0.3 is 9.30 Å². The van der Waals surface area contributed by atoms with Gasteiger partial charge in [0.05, 0.1) is 28.8 Å². The van der Waals surface area contributed by atoms with Crippen LogP contribution in [0.25, 0.3) is 11.0 Å². The summed E-state index contributed by atoms with van der Waals surface area (Å²) < 4.78 is 7.75. The van der Waals surface area contributed by atoms with Crippen LogP contribution in [0.5, 0.6) is 0 Å². The van der Waals surface area contributed by atoms with E-state index in [1.807, 2.05) is 25.1 Å². The molecular formula is C16H19N3O. The van der Waals surface area contributed by atoms with Gasteiger partial charge >= 0.3 is 0 Å². The Bertz CT molecular complexity index is 662. The van der Waals surface area contributed by atoms with E-state index in [-0.39, 0.29) is 0 Å². The third-order valence-corrected chi connectivity index (χ3v) is 4.17. The van der Waals surface area contributed by atoms with Crippen LogP contribution >= 0.6 is 0 Å². The fraction of sp³-hybridized carbons (Fsp3) is 0.500. The first kappa shape index (κ1) is 13.1. The van der Waals surface area contributed by atoms with E-state index in [1.165, 1.54) is 0 Å². The van der Waals surface area contributed by atoms with Gasteiger partial charge in [-0.25, -0.2) is 4.98 Å². The number of rotatable bonds is 4. The van der Waals surface area contributed by atoms with Crippen molar-refractivity contribution in [2.45, 2.75) is 32.3 Å². The van der Waals surface area contributed by atoms with Gasteiger partial charge in [0, 0.05) is 20.1 Å². The maximum atomic E-state index is 8.95. The zero-order valence-electron chi connectivity index (χ0n) is 12.0. The molecule has 0 bridgehead atoms. The van der Waals surface area contributed by atoms with Crippen molar-refractivity contribution in [1.82, 2.24) is 9.55 Å². The molecular weight excluding hydrogens is 250 g/mol. The van der Waals surface area contributed by atoms with E-state index in [4.69, 9.17) is 10.00 Å². The maximum absolute atomic E-state index is 8.95. The molecule has 0 aliphatic heterocycles. The third-order valence-electron chi connectivity index (χ3n) is 4.17. The average molecular weight is 269 g/mol. The first-order valence-electron chi connectivity index (χ1n) is 7.18. The van der Waals surface area contributed by atoms with E-state index in [0.29, 0.717) is 17.6 Å². The van der Waals surface area contributed by atoms with Gasteiger partial charge in [0.2, 0.25) is 0 Å². The molecule has 0 amide bonds. The van der Waals surface area contributed by atoms with Crippen LogP contribution in [0.2, 0.25) is 0 Å². The van der Waals surface area contributed by atoms with Crippen molar-refractivity contribution in [1.29, 1.82) is 5.26 Å². The summed E-state index contributed by atoms with van der Waals surface area (Å²) in [6, 6.07) is 7.86. The fourth-order valence-corrected chi connectivity index (χ4v) is 2.97. The highest BCUT2D eigenvalue weighted by molar-refractivity contribution is 5.77. The Morgan fingerprint density at radius 2 is 2.25 bits per heavy atom. The number of imidazole rings is 1. The van der Waals surface area contributed by atoms with Gasteiger partial charge in [-0.3, -0.25) is 0 Å². The second-order valence-corrected chi connectivity index (χ2v) is 5.52. The van der Waals surface area contributed by atoms with Crippen molar-refractivity contribution in [3.05, 3.63) is 29.6 Å². The second-order valence-electron chi connectivity index (χ2n) is 5.52. The molecule has 2 aromatic rings. The van der Waals surface area contributed by atoms with Crippen molar-refractivity contribution in [3.63, 3.8) is 0 Å². The number of benzene rings is 1. The standard InChI is InChI=1S/C16H19N3O/c1-3-20-13-6-12(7-13)9-16-18-14-8-11(10-17)4-5-15(14)19(16)2/h4-5,8,12-13H,3,6-7,9H2,1-2H3. The third kappa shape index (κ3) is 2.30. The predicted octanol–water partition coefficient (Wildman–Crippen LogP) is 2.80. The van der Waals surface area contributed by atoms with Gasteiger partial charge in [0.15, 0.2) is 0 Å². The molecule has 3 rings (SSSR count). The summed E-state index contributed by atoms with van der Waals surface area (Å²) in [4.78, 5) is 4.68. The molecule has 4 nitrogen and oxygen atoms in total. The predicted molar refractivity (Wildman–Crippen MR) is 77.3 cm³/mol. The van der Waals surface area contributed by atoms with Crippen molar-refractivity contribution >= 4 is 11.0 Å². The highest BCUT2D eigenvalue weighted by atomic mass is 16.5. The molecule has 0 spiro atoms. The van der Waals surface area contributed by atoms with E-state index >= 15 is 0 Å². The largest absolute Gasteiger partial charge is 0.378 e. The number of hydrogen-bond donors (Lipinski definition) is 0. The molecule has 0 atom stereocenters. The van der Waals surface area contributed by atoms with Crippen molar-refractivity contribution in [2.75, 3.05) is 6.61 Å². The van der Waals surface area contributed by atoms with Crippen LogP contribution in [0, 0.1) is 17.2 Å². The first-order chi connectivity index (χ1) is 9.71. The number of hydrogen-bond acceptors (Lipinski definition) is 3. The van der Waals surface area contributed by atoms with Gasteiger partial charge in [-0.15, -0.1) is 0 Å². The fourth-order valence-electron chi connectivity index (χ4n) is 2.97. The number of fused-ring (bicyclic) bond motifs is 1. The minimum atomic E-state index is 0.449. The van der Waals surface area contributed by atoms with Crippen LogP contribution in [0.15, 0.2) is 18.2 Å². The second kappa shape index (κ2) is 5.26. The normalized spacial score (nSPS) is 21.6. The minimum Gasteiger partial charge on any atom is -0.378 e. The summed E-state index contributed by atoms with van der Waals surface area (Å²) in [5, 5.41) is 8.95. The lowest BCUT2D eigenvalue weighted by atomic mass is 9.80. The Kier molecular flexibility index (Phi) is 3.45. The molecule has 1 aromatic heterocycles. The Balaban J connectivity index is 1.76.